The van der Waals surface area contributed by atoms with Crippen LogP contribution in [0.25, 0.3) is 22.2 Å². The van der Waals surface area contributed by atoms with E-state index in [0.717, 1.165) is 10.9 Å². The fourth-order valence-corrected chi connectivity index (χ4v) is 2.35. The summed E-state index contributed by atoms with van der Waals surface area (Å²) in [7, 11) is 0. The first-order chi connectivity index (χ1) is 10.6. The molecular weight excluding hydrogens is 276 g/mol. The van der Waals surface area contributed by atoms with Gasteiger partial charge in [-0.15, -0.1) is 0 Å². The fraction of sp³-hybridized carbons (Fsp3) is 0.0556. The SMILES string of the molecule is CC(=O)NC(=O)c1ccccc1-c1ccc2ccccc2n1. The summed E-state index contributed by atoms with van der Waals surface area (Å²) < 4.78 is 0. The number of carbonyl (C=O) groups excluding carboxylic acids is 2. The number of rotatable bonds is 2. The second-order valence-corrected chi connectivity index (χ2v) is 4.95. The number of para-hydroxylation sites is 1. The Morgan fingerprint density at radius 2 is 1.64 bits per heavy atom. The summed E-state index contributed by atoms with van der Waals surface area (Å²) in [6.07, 6.45) is 0. The molecule has 108 valence electrons. The lowest BCUT2D eigenvalue weighted by Gasteiger charge is -2.09. The molecule has 0 fully saturated rings. The molecule has 0 saturated carbocycles. The molecule has 0 atom stereocenters. The number of hydrogen-bond donors (Lipinski definition) is 1. The molecule has 4 heteroatoms. The summed E-state index contributed by atoms with van der Waals surface area (Å²) in [5, 5.41) is 3.34. The van der Waals surface area contributed by atoms with E-state index in [1.54, 1.807) is 12.1 Å². The molecule has 22 heavy (non-hydrogen) atoms. The minimum absolute atomic E-state index is 0.383. The van der Waals surface area contributed by atoms with Crippen molar-refractivity contribution in [3.63, 3.8) is 0 Å². The largest absolute Gasteiger partial charge is 0.293 e. The maximum atomic E-state index is 12.2. The van der Waals surface area contributed by atoms with Crippen LogP contribution >= 0.6 is 0 Å². The smallest absolute Gasteiger partial charge is 0.258 e. The number of hydrogen-bond acceptors (Lipinski definition) is 3. The number of pyridine rings is 1. The van der Waals surface area contributed by atoms with E-state index in [0.29, 0.717) is 16.8 Å². The van der Waals surface area contributed by atoms with E-state index in [4.69, 9.17) is 0 Å². The van der Waals surface area contributed by atoms with Crippen LogP contribution in [-0.2, 0) is 4.79 Å². The van der Waals surface area contributed by atoms with E-state index in [-0.39, 0.29) is 5.91 Å². The zero-order valence-corrected chi connectivity index (χ0v) is 12.0. The number of amides is 2. The third-order valence-corrected chi connectivity index (χ3v) is 3.34. The Morgan fingerprint density at radius 1 is 0.909 bits per heavy atom. The summed E-state index contributed by atoms with van der Waals surface area (Å²) in [6.45, 7) is 1.31. The van der Waals surface area contributed by atoms with Crippen molar-refractivity contribution in [2.24, 2.45) is 0 Å². The van der Waals surface area contributed by atoms with Crippen molar-refractivity contribution in [3.05, 3.63) is 66.2 Å². The molecule has 3 rings (SSSR count). The maximum Gasteiger partial charge on any atom is 0.258 e. The summed E-state index contributed by atoms with van der Waals surface area (Å²) in [5.41, 5.74) is 2.70. The van der Waals surface area contributed by atoms with Crippen LogP contribution in [0.15, 0.2) is 60.7 Å². The highest BCUT2D eigenvalue weighted by Crippen LogP contribution is 2.24. The lowest BCUT2D eigenvalue weighted by molar-refractivity contribution is -0.118. The minimum Gasteiger partial charge on any atom is -0.293 e. The van der Waals surface area contributed by atoms with Crippen molar-refractivity contribution >= 4 is 22.7 Å². The summed E-state index contributed by atoms with van der Waals surface area (Å²) in [6, 6.07) is 18.8. The highest BCUT2D eigenvalue weighted by Gasteiger charge is 2.14. The molecule has 0 unspecified atom stereocenters. The number of fused-ring (bicyclic) bond motifs is 1. The maximum absolute atomic E-state index is 12.2. The average Bonchev–Trinajstić information content (AvgIpc) is 2.54. The topological polar surface area (TPSA) is 59.1 Å². The van der Waals surface area contributed by atoms with Crippen molar-refractivity contribution in [2.75, 3.05) is 0 Å². The predicted octanol–water partition coefficient (Wildman–Crippen LogP) is 3.18. The zero-order chi connectivity index (χ0) is 15.5. The molecule has 0 spiro atoms. The summed E-state index contributed by atoms with van der Waals surface area (Å²) in [5.74, 6) is -0.802. The molecule has 1 heterocycles. The second-order valence-electron chi connectivity index (χ2n) is 4.95. The lowest BCUT2D eigenvalue weighted by Crippen LogP contribution is -2.28. The highest BCUT2D eigenvalue weighted by atomic mass is 16.2. The van der Waals surface area contributed by atoms with Crippen LogP contribution in [0.2, 0.25) is 0 Å². The molecule has 0 aliphatic heterocycles. The van der Waals surface area contributed by atoms with Gasteiger partial charge in [-0.05, 0) is 18.2 Å². The Kier molecular flexibility index (Phi) is 3.66. The average molecular weight is 290 g/mol. The number of nitrogens with one attached hydrogen (secondary N) is 1. The number of benzene rings is 2. The van der Waals surface area contributed by atoms with E-state index in [1.807, 2.05) is 48.5 Å². The fourth-order valence-electron chi connectivity index (χ4n) is 2.35. The van der Waals surface area contributed by atoms with Gasteiger partial charge in [0.1, 0.15) is 0 Å². The monoisotopic (exact) mass is 290 g/mol. The van der Waals surface area contributed by atoms with Crippen molar-refractivity contribution in [2.45, 2.75) is 6.92 Å². The van der Waals surface area contributed by atoms with Gasteiger partial charge < -0.3 is 0 Å². The first-order valence-corrected chi connectivity index (χ1v) is 6.92. The Morgan fingerprint density at radius 3 is 2.45 bits per heavy atom. The molecule has 0 bridgehead atoms. The van der Waals surface area contributed by atoms with Gasteiger partial charge in [-0.25, -0.2) is 4.98 Å². The minimum atomic E-state index is -0.418. The van der Waals surface area contributed by atoms with Crippen molar-refractivity contribution in [3.8, 4) is 11.3 Å². The Hall–Kier alpha value is -3.01. The van der Waals surface area contributed by atoms with Gasteiger partial charge in [0.2, 0.25) is 5.91 Å². The molecule has 0 aliphatic carbocycles. The van der Waals surface area contributed by atoms with Gasteiger partial charge in [0.25, 0.3) is 5.91 Å². The number of aromatic nitrogens is 1. The van der Waals surface area contributed by atoms with E-state index >= 15 is 0 Å². The van der Waals surface area contributed by atoms with Crippen LogP contribution in [0.3, 0.4) is 0 Å². The highest BCUT2D eigenvalue weighted by molar-refractivity contribution is 6.07. The van der Waals surface area contributed by atoms with Gasteiger partial charge in [0.05, 0.1) is 11.2 Å². The molecule has 3 aromatic rings. The second kappa shape index (κ2) is 5.77. The number of imide groups is 1. The van der Waals surface area contributed by atoms with Gasteiger partial charge in [0, 0.05) is 23.4 Å². The molecule has 2 amide bonds. The molecule has 4 nitrogen and oxygen atoms in total. The van der Waals surface area contributed by atoms with Crippen LogP contribution in [-0.4, -0.2) is 16.8 Å². The number of carbonyl (C=O) groups is 2. The van der Waals surface area contributed by atoms with Crippen LogP contribution in [0.5, 0.6) is 0 Å². The third-order valence-electron chi connectivity index (χ3n) is 3.34. The van der Waals surface area contributed by atoms with Crippen molar-refractivity contribution in [1.29, 1.82) is 0 Å². The quantitative estimate of drug-likeness (QED) is 0.788. The van der Waals surface area contributed by atoms with Crippen LogP contribution in [0.4, 0.5) is 0 Å². The first-order valence-electron chi connectivity index (χ1n) is 6.92. The number of nitrogens with zero attached hydrogens (tertiary/aromatic N) is 1. The third kappa shape index (κ3) is 2.72. The van der Waals surface area contributed by atoms with E-state index in [9.17, 15) is 9.59 Å². The molecular formula is C18H14N2O2. The van der Waals surface area contributed by atoms with Crippen LogP contribution in [0, 0.1) is 0 Å². The Labute approximate surface area is 127 Å². The van der Waals surface area contributed by atoms with E-state index in [2.05, 4.69) is 10.3 Å². The van der Waals surface area contributed by atoms with Crippen molar-refractivity contribution in [1.82, 2.24) is 10.3 Å². The molecule has 1 aromatic heterocycles. The molecule has 2 aromatic carbocycles. The Bertz CT molecular complexity index is 872. The van der Waals surface area contributed by atoms with Crippen LogP contribution in [0.1, 0.15) is 17.3 Å². The van der Waals surface area contributed by atoms with Crippen LogP contribution < -0.4 is 5.32 Å². The lowest BCUT2D eigenvalue weighted by atomic mass is 10.0. The standard InChI is InChI=1S/C18H14N2O2/c1-12(21)19-18(22)15-8-4-3-7-14(15)17-11-10-13-6-2-5-9-16(13)20-17/h2-11H,1H3,(H,19,21,22). The summed E-state index contributed by atoms with van der Waals surface area (Å²) >= 11 is 0. The van der Waals surface area contributed by atoms with Gasteiger partial charge in [-0.2, -0.15) is 0 Å². The van der Waals surface area contributed by atoms with Crippen molar-refractivity contribution < 1.29 is 9.59 Å². The summed E-state index contributed by atoms with van der Waals surface area (Å²) in [4.78, 5) is 27.9. The van der Waals surface area contributed by atoms with Gasteiger partial charge in [0.15, 0.2) is 0 Å². The zero-order valence-electron chi connectivity index (χ0n) is 12.0. The van der Waals surface area contributed by atoms with Gasteiger partial charge in [-0.3, -0.25) is 14.9 Å². The van der Waals surface area contributed by atoms with E-state index < -0.39 is 5.91 Å². The van der Waals surface area contributed by atoms with Gasteiger partial charge >= 0.3 is 0 Å². The molecule has 1 N–H and O–H groups in total. The Balaban J connectivity index is 2.10. The normalized spacial score (nSPS) is 10.4. The first kappa shape index (κ1) is 13.9. The molecule has 0 radical (unpaired) electrons. The van der Waals surface area contributed by atoms with E-state index in [1.165, 1.54) is 6.92 Å². The molecule has 0 aliphatic rings. The van der Waals surface area contributed by atoms with Gasteiger partial charge in [-0.1, -0.05) is 42.5 Å². The molecule has 0 saturated heterocycles. The predicted molar refractivity (Wildman–Crippen MR) is 85.3 cm³/mol.